The number of rotatable bonds is 5. The lowest BCUT2D eigenvalue weighted by Crippen LogP contribution is -2.40. The molecule has 0 aliphatic heterocycles. The summed E-state index contributed by atoms with van der Waals surface area (Å²) in [5, 5.41) is 0. The van der Waals surface area contributed by atoms with Gasteiger partial charge in [-0.3, -0.25) is 9.59 Å². The Kier molecular flexibility index (Phi) is 5.12. The Morgan fingerprint density at radius 2 is 1.88 bits per heavy atom. The molecule has 0 N–H and O–H groups in total. The molecule has 0 bridgehead atoms. The Balaban J connectivity index is 1.81. The number of Topliss-reactive ketones (excluding diaryl/α,β-unsaturated/α-hetero) is 1. The Labute approximate surface area is 154 Å². The van der Waals surface area contributed by atoms with Crippen molar-refractivity contribution in [3.8, 4) is 5.75 Å². The van der Waals surface area contributed by atoms with Crippen molar-refractivity contribution in [2.45, 2.75) is 46.1 Å². The average molecular weight is 351 g/mol. The maximum absolute atomic E-state index is 12.8. The summed E-state index contributed by atoms with van der Waals surface area (Å²) in [7, 11) is 0. The summed E-state index contributed by atoms with van der Waals surface area (Å²) in [6.45, 7) is 7.92. The predicted octanol–water partition coefficient (Wildman–Crippen LogP) is 4.51. The highest BCUT2D eigenvalue weighted by molar-refractivity contribution is 6.04. The third-order valence-electron chi connectivity index (χ3n) is 4.86. The molecule has 0 unspecified atom stereocenters. The van der Waals surface area contributed by atoms with Gasteiger partial charge in [0.15, 0.2) is 12.4 Å². The summed E-state index contributed by atoms with van der Waals surface area (Å²) in [6, 6.07) is 13.3. The van der Waals surface area contributed by atoms with E-state index in [1.165, 1.54) is 0 Å². The van der Waals surface area contributed by atoms with Crippen molar-refractivity contribution in [1.29, 1.82) is 0 Å². The average Bonchev–Trinajstić information content (AvgIpc) is 2.91. The maximum atomic E-state index is 12.8. The highest BCUT2D eigenvalue weighted by Crippen LogP contribution is 2.40. The van der Waals surface area contributed by atoms with E-state index in [1.807, 2.05) is 57.2 Å². The number of ether oxygens (including phenoxy) is 1. The van der Waals surface area contributed by atoms with E-state index in [2.05, 4.69) is 6.92 Å². The number of para-hydroxylation sites is 1. The van der Waals surface area contributed by atoms with E-state index in [0.29, 0.717) is 17.7 Å². The molecule has 2 aromatic rings. The summed E-state index contributed by atoms with van der Waals surface area (Å²) in [5.41, 5.74) is 3.66. The number of hydrogen-bond acceptors (Lipinski definition) is 3. The van der Waals surface area contributed by atoms with E-state index in [-0.39, 0.29) is 30.3 Å². The van der Waals surface area contributed by atoms with Crippen LogP contribution in [0.5, 0.6) is 5.75 Å². The van der Waals surface area contributed by atoms with Crippen molar-refractivity contribution in [2.75, 3.05) is 11.5 Å². The van der Waals surface area contributed by atoms with Gasteiger partial charge in [0.1, 0.15) is 5.75 Å². The minimum absolute atomic E-state index is 0.0129. The number of aryl methyl sites for hydroxylation is 1. The largest absolute Gasteiger partial charge is 0.483 e. The molecule has 0 radical (unpaired) electrons. The smallest absolute Gasteiger partial charge is 0.265 e. The maximum Gasteiger partial charge on any atom is 0.265 e. The van der Waals surface area contributed by atoms with Gasteiger partial charge in [-0.2, -0.15) is 0 Å². The topological polar surface area (TPSA) is 46.6 Å². The van der Waals surface area contributed by atoms with Gasteiger partial charge in [-0.1, -0.05) is 31.2 Å². The number of anilines is 1. The fraction of sp³-hybridized carbons (Fsp3) is 0.364. The first-order valence-corrected chi connectivity index (χ1v) is 9.06. The second-order valence-electron chi connectivity index (χ2n) is 7.18. The van der Waals surface area contributed by atoms with E-state index in [0.717, 1.165) is 16.8 Å². The number of nitrogens with zero attached hydrogens (tertiary/aromatic N) is 1. The van der Waals surface area contributed by atoms with Crippen LogP contribution in [-0.4, -0.2) is 24.3 Å². The van der Waals surface area contributed by atoms with Gasteiger partial charge in [-0.15, -0.1) is 0 Å². The lowest BCUT2D eigenvalue weighted by molar-refractivity contribution is -0.120. The highest BCUT2D eigenvalue weighted by atomic mass is 16.5. The zero-order chi connectivity index (χ0) is 18.8. The zero-order valence-corrected chi connectivity index (χ0v) is 15.8. The number of benzene rings is 2. The monoisotopic (exact) mass is 351 g/mol. The van der Waals surface area contributed by atoms with Gasteiger partial charge in [0.05, 0.1) is 5.56 Å². The number of hydrogen-bond donors (Lipinski definition) is 0. The van der Waals surface area contributed by atoms with Crippen LogP contribution in [0.3, 0.4) is 0 Å². The van der Waals surface area contributed by atoms with Crippen LogP contribution in [0.15, 0.2) is 42.5 Å². The SMILES string of the molecule is Cc1ccc(OCC(=O)N(c2ccccc2)C(C)C)c2c1[C@@H](C)CC2=O. The molecule has 1 aliphatic rings. The number of ketones is 1. The van der Waals surface area contributed by atoms with Crippen LogP contribution in [0.1, 0.15) is 54.6 Å². The molecule has 0 fully saturated rings. The minimum Gasteiger partial charge on any atom is -0.483 e. The zero-order valence-electron chi connectivity index (χ0n) is 15.8. The summed E-state index contributed by atoms with van der Waals surface area (Å²) in [5.74, 6) is 0.694. The van der Waals surface area contributed by atoms with Crippen molar-refractivity contribution >= 4 is 17.4 Å². The van der Waals surface area contributed by atoms with Crippen LogP contribution in [0.25, 0.3) is 0 Å². The van der Waals surface area contributed by atoms with Crippen molar-refractivity contribution in [3.63, 3.8) is 0 Å². The standard InChI is InChI=1S/C22H25NO3/c1-14(2)23(17-8-6-5-7-9-17)20(25)13-26-19-11-10-15(3)21-16(4)12-18(24)22(19)21/h5-11,14,16H,12-13H2,1-4H3/t16-/m0/s1. The molecule has 4 heteroatoms. The van der Waals surface area contributed by atoms with Crippen molar-refractivity contribution in [3.05, 3.63) is 59.2 Å². The van der Waals surface area contributed by atoms with Crippen LogP contribution in [0.4, 0.5) is 5.69 Å². The van der Waals surface area contributed by atoms with Crippen molar-refractivity contribution in [1.82, 2.24) is 0 Å². The fourth-order valence-corrected chi connectivity index (χ4v) is 3.76. The van der Waals surface area contributed by atoms with Gasteiger partial charge < -0.3 is 9.64 Å². The predicted molar refractivity (Wildman–Crippen MR) is 103 cm³/mol. The second-order valence-corrected chi connectivity index (χ2v) is 7.18. The normalized spacial score (nSPS) is 15.9. The van der Waals surface area contributed by atoms with Gasteiger partial charge in [0.25, 0.3) is 5.91 Å². The lowest BCUT2D eigenvalue weighted by Gasteiger charge is -2.27. The summed E-state index contributed by atoms with van der Waals surface area (Å²) < 4.78 is 5.82. The van der Waals surface area contributed by atoms with E-state index in [4.69, 9.17) is 4.74 Å². The molecule has 3 rings (SSSR count). The summed E-state index contributed by atoms with van der Waals surface area (Å²) in [6.07, 6.45) is 0.507. The Bertz CT molecular complexity index is 827. The highest BCUT2D eigenvalue weighted by Gasteiger charge is 2.31. The number of amides is 1. The third-order valence-corrected chi connectivity index (χ3v) is 4.86. The Morgan fingerprint density at radius 1 is 1.19 bits per heavy atom. The van der Waals surface area contributed by atoms with Gasteiger partial charge in [-0.05, 0) is 56.0 Å². The first-order valence-electron chi connectivity index (χ1n) is 9.06. The van der Waals surface area contributed by atoms with Gasteiger partial charge in [0, 0.05) is 18.2 Å². The molecule has 136 valence electrons. The Morgan fingerprint density at radius 3 is 2.54 bits per heavy atom. The first kappa shape index (κ1) is 18.2. The van der Waals surface area contributed by atoms with E-state index in [9.17, 15) is 9.59 Å². The molecule has 0 saturated heterocycles. The van der Waals surface area contributed by atoms with Crippen LogP contribution in [0.2, 0.25) is 0 Å². The molecular weight excluding hydrogens is 326 g/mol. The fourth-order valence-electron chi connectivity index (χ4n) is 3.76. The minimum atomic E-state index is -0.126. The molecule has 4 nitrogen and oxygen atoms in total. The van der Waals surface area contributed by atoms with Gasteiger partial charge in [-0.25, -0.2) is 0 Å². The summed E-state index contributed by atoms with van der Waals surface area (Å²) in [4.78, 5) is 26.9. The quantitative estimate of drug-likeness (QED) is 0.796. The molecule has 1 atom stereocenters. The molecule has 0 heterocycles. The number of carbonyl (C=O) groups excluding carboxylic acids is 2. The number of fused-ring (bicyclic) bond motifs is 1. The Hall–Kier alpha value is -2.62. The second kappa shape index (κ2) is 7.32. The molecule has 26 heavy (non-hydrogen) atoms. The van der Waals surface area contributed by atoms with Crippen LogP contribution < -0.4 is 9.64 Å². The number of carbonyl (C=O) groups is 2. The van der Waals surface area contributed by atoms with Crippen LogP contribution in [-0.2, 0) is 4.79 Å². The van der Waals surface area contributed by atoms with Crippen LogP contribution in [0, 0.1) is 6.92 Å². The molecule has 1 aliphatic carbocycles. The van der Waals surface area contributed by atoms with Crippen molar-refractivity contribution in [2.24, 2.45) is 0 Å². The molecule has 0 aromatic heterocycles. The van der Waals surface area contributed by atoms with Crippen molar-refractivity contribution < 1.29 is 14.3 Å². The molecule has 2 aromatic carbocycles. The van der Waals surface area contributed by atoms with E-state index >= 15 is 0 Å². The van der Waals surface area contributed by atoms with Gasteiger partial charge >= 0.3 is 0 Å². The van der Waals surface area contributed by atoms with E-state index in [1.54, 1.807) is 11.0 Å². The first-order chi connectivity index (χ1) is 12.4. The lowest BCUT2D eigenvalue weighted by atomic mass is 9.97. The third kappa shape index (κ3) is 3.36. The molecule has 1 amide bonds. The summed E-state index contributed by atoms with van der Waals surface area (Å²) >= 11 is 0. The molecule has 0 spiro atoms. The molecular formula is C22H25NO3. The van der Waals surface area contributed by atoms with Crippen LogP contribution >= 0.6 is 0 Å². The molecule has 0 saturated carbocycles. The van der Waals surface area contributed by atoms with E-state index < -0.39 is 0 Å². The van der Waals surface area contributed by atoms with Gasteiger partial charge in [0.2, 0.25) is 0 Å².